The van der Waals surface area contributed by atoms with Crippen LogP contribution in [0.2, 0.25) is 5.02 Å². The lowest BCUT2D eigenvalue weighted by Crippen LogP contribution is -2.21. The molecule has 0 aliphatic heterocycles. The fraction of sp³-hybridized carbons (Fsp3) is 0.176. The summed E-state index contributed by atoms with van der Waals surface area (Å²) in [4.78, 5) is 24.5. The summed E-state index contributed by atoms with van der Waals surface area (Å²) in [7, 11) is 0. The summed E-state index contributed by atoms with van der Waals surface area (Å²) in [6, 6.07) is 14.9. The zero-order valence-corrected chi connectivity index (χ0v) is 15.8. The van der Waals surface area contributed by atoms with Crippen LogP contribution < -0.4 is 5.32 Å². The van der Waals surface area contributed by atoms with E-state index in [-0.39, 0.29) is 13.0 Å². The molecule has 0 saturated heterocycles. The topological polar surface area (TPSA) is 55.4 Å². The summed E-state index contributed by atoms with van der Waals surface area (Å²) in [5.41, 5.74) is 0.473. The molecule has 1 N–H and O–H groups in total. The molecular weight excluding hydrogens is 414 g/mol. The molecule has 0 atom stereocenters. The second-order valence-electron chi connectivity index (χ2n) is 4.74. The van der Waals surface area contributed by atoms with Crippen LogP contribution in [-0.2, 0) is 14.3 Å². The second kappa shape index (κ2) is 9.71. The Morgan fingerprint density at radius 3 is 2.62 bits per heavy atom. The van der Waals surface area contributed by atoms with E-state index in [4.69, 9.17) is 16.3 Å². The predicted octanol–water partition coefficient (Wildman–Crippen LogP) is 4.77. The van der Waals surface area contributed by atoms with Crippen molar-refractivity contribution in [2.45, 2.75) is 11.3 Å². The Labute approximate surface area is 158 Å². The fourth-order valence-corrected chi connectivity index (χ4v) is 3.34. The monoisotopic (exact) mass is 427 g/mol. The number of halogens is 2. The maximum absolute atomic E-state index is 11.8. The summed E-state index contributed by atoms with van der Waals surface area (Å²) >= 11 is 10.9. The van der Waals surface area contributed by atoms with Crippen molar-refractivity contribution in [3.05, 3.63) is 58.0 Å². The number of anilines is 1. The summed E-state index contributed by atoms with van der Waals surface area (Å²) in [5, 5.41) is 3.01. The Morgan fingerprint density at radius 2 is 1.92 bits per heavy atom. The van der Waals surface area contributed by atoms with Crippen molar-refractivity contribution in [1.82, 2.24) is 0 Å². The number of amides is 1. The van der Waals surface area contributed by atoms with Gasteiger partial charge in [-0.3, -0.25) is 9.59 Å². The zero-order chi connectivity index (χ0) is 17.4. The number of thioether (sulfide) groups is 1. The summed E-state index contributed by atoms with van der Waals surface area (Å²) in [6.45, 7) is -0.332. The number of hydrogen-bond acceptors (Lipinski definition) is 4. The lowest BCUT2D eigenvalue weighted by molar-refractivity contribution is -0.146. The number of nitrogens with one attached hydrogen (secondary N) is 1. The number of carbonyl (C=O) groups is 2. The van der Waals surface area contributed by atoms with Gasteiger partial charge in [0.2, 0.25) is 0 Å². The molecule has 0 fully saturated rings. The van der Waals surface area contributed by atoms with E-state index < -0.39 is 11.9 Å². The van der Waals surface area contributed by atoms with Gasteiger partial charge in [0.15, 0.2) is 6.61 Å². The van der Waals surface area contributed by atoms with Gasteiger partial charge in [-0.1, -0.05) is 45.7 Å². The van der Waals surface area contributed by atoms with Crippen LogP contribution in [0.3, 0.4) is 0 Å². The molecular formula is C17H15BrClNO3S. The summed E-state index contributed by atoms with van der Waals surface area (Å²) in [6.07, 6.45) is 0.242. The van der Waals surface area contributed by atoms with E-state index in [0.29, 0.717) is 16.5 Å². The molecule has 0 heterocycles. The molecule has 7 heteroatoms. The molecule has 4 nitrogen and oxygen atoms in total. The highest BCUT2D eigenvalue weighted by molar-refractivity contribution is 9.10. The van der Waals surface area contributed by atoms with E-state index in [9.17, 15) is 9.59 Å². The quantitative estimate of drug-likeness (QED) is 0.510. The van der Waals surface area contributed by atoms with E-state index in [2.05, 4.69) is 21.2 Å². The maximum Gasteiger partial charge on any atom is 0.307 e. The zero-order valence-electron chi connectivity index (χ0n) is 12.6. The Kier molecular flexibility index (Phi) is 7.62. The molecule has 2 rings (SSSR count). The number of esters is 1. The summed E-state index contributed by atoms with van der Waals surface area (Å²) in [5.74, 6) is -0.234. The van der Waals surface area contributed by atoms with Crippen molar-refractivity contribution in [2.75, 3.05) is 17.7 Å². The van der Waals surface area contributed by atoms with E-state index in [1.165, 1.54) is 0 Å². The minimum absolute atomic E-state index is 0.242. The second-order valence-corrected chi connectivity index (χ2v) is 7.24. The van der Waals surface area contributed by atoms with Crippen molar-refractivity contribution in [2.24, 2.45) is 0 Å². The standard InChI is InChI=1S/C17H15BrClNO3S/c18-12-6-7-15(14(19)10-12)20-16(21)11-23-17(22)8-9-24-13-4-2-1-3-5-13/h1-7,10H,8-9,11H2,(H,20,21). The van der Waals surface area contributed by atoms with Crippen molar-refractivity contribution in [1.29, 1.82) is 0 Å². The van der Waals surface area contributed by atoms with Crippen LogP contribution in [0.1, 0.15) is 6.42 Å². The van der Waals surface area contributed by atoms with Gasteiger partial charge in [0, 0.05) is 15.1 Å². The van der Waals surface area contributed by atoms with Gasteiger partial charge in [-0.25, -0.2) is 0 Å². The SMILES string of the molecule is O=C(COC(=O)CCSc1ccccc1)Nc1ccc(Br)cc1Cl. The van der Waals surface area contributed by atoms with Crippen LogP contribution in [0.15, 0.2) is 57.9 Å². The molecule has 0 spiro atoms. The third-order valence-electron chi connectivity index (χ3n) is 2.89. The van der Waals surface area contributed by atoms with E-state index in [1.807, 2.05) is 30.3 Å². The lowest BCUT2D eigenvalue weighted by atomic mass is 10.3. The molecule has 2 aromatic carbocycles. The number of benzene rings is 2. The average Bonchev–Trinajstić information content (AvgIpc) is 2.56. The minimum Gasteiger partial charge on any atom is -0.456 e. The molecule has 1 amide bonds. The van der Waals surface area contributed by atoms with Gasteiger partial charge < -0.3 is 10.1 Å². The Hall–Kier alpha value is -1.50. The number of ether oxygens (including phenoxy) is 1. The number of carbonyl (C=O) groups excluding carboxylic acids is 2. The molecule has 0 aliphatic rings. The van der Waals surface area contributed by atoms with Gasteiger partial charge in [-0.2, -0.15) is 0 Å². The van der Waals surface area contributed by atoms with E-state index >= 15 is 0 Å². The summed E-state index contributed by atoms with van der Waals surface area (Å²) < 4.78 is 5.77. The van der Waals surface area contributed by atoms with Crippen molar-refractivity contribution < 1.29 is 14.3 Å². The van der Waals surface area contributed by atoms with Crippen LogP contribution in [0, 0.1) is 0 Å². The molecule has 0 aromatic heterocycles. The van der Waals surface area contributed by atoms with Gasteiger partial charge in [-0.15, -0.1) is 11.8 Å². The smallest absolute Gasteiger partial charge is 0.307 e. The van der Waals surface area contributed by atoms with Gasteiger partial charge in [0.05, 0.1) is 17.1 Å². The van der Waals surface area contributed by atoms with E-state index in [0.717, 1.165) is 9.37 Å². The lowest BCUT2D eigenvalue weighted by Gasteiger charge is -2.08. The van der Waals surface area contributed by atoms with Gasteiger partial charge >= 0.3 is 5.97 Å². The molecule has 24 heavy (non-hydrogen) atoms. The van der Waals surface area contributed by atoms with Crippen molar-refractivity contribution in [3.8, 4) is 0 Å². The third-order valence-corrected chi connectivity index (χ3v) is 4.71. The van der Waals surface area contributed by atoms with E-state index in [1.54, 1.807) is 30.0 Å². The first-order chi connectivity index (χ1) is 11.5. The molecule has 0 radical (unpaired) electrons. The highest BCUT2D eigenvalue weighted by atomic mass is 79.9. The van der Waals surface area contributed by atoms with Crippen LogP contribution in [0.25, 0.3) is 0 Å². The van der Waals surface area contributed by atoms with Crippen LogP contribution >= 0.6 is 39.3 Å². The molecule has 0 bridgehead atoms. The van der Waals surface area contributed by atoms with Crippen molar-refractivity contribution >= 4 is 56.9 Å². The van der Waals surface area contributed by atoms with Crippen LogP contribution in [0.5, 0.6) is 0 Å². The Balaban J connectivity index is 1.68. The Bertz CT molecular complexity index is 712. The van der Waals surface area contributed by atoms with Crippen molar-refractivity contribution in [3.63, 3.8) is 0 Å². The van der Waals surface area contributed by atoms with Gasteiger partial charge in [-0.05, 0) is 30.3 Å². The molecule has 0 aliphatic carbocycles. The van der Waals surface area contributed by atoms with Gasteiger partial charge in [0.1, 0.15) is 0 Å². The molecule has 0 unspecified atom stereocenters. The molecule has 0 saturated carbocycles. The average molecular weight is 429 g/mol. The molecule has 2 aromatic rings. The number of rotatable bonds is 7. The third kappa shape index (κ3) is 6.55. The minimum atomic E-state index is -0.428. The highest BCUT2D eigenvalue weighted by Gasteiger charge is 2.10. The first kappa shape index (κ1) is 18.8. The number of hydrogen-bond donors (Lipinski definition) is 1. The fourth-order valence-electron chi connectivity index (χ4n) is 1.76. The highest BCUT2D eigenvalue weighted by Crippen LogP contribution is 2.25. The maximum atomic E-state index is 11.8. The first-order valence-corrected chi connectivity index (χ1v) is 9.28. The largest absolute Gasteiger partial charge is 0.456 e. The van der Waals surface area contributed by atoms with Crippen LogP contribution in [-0.4, -0.2) is 24.2 Å². The predicted molar refractivity (Wildman–Crippen MR) is 101 cm³/mol. The normalized spacial score (nSPS) is 10.2. The first-order valence-electron chi connectivity index (χ1n) is 7.13. The molecule has 126 valence electrons. The van der Waals surface area contributed by atoms with Gasteiger partial charge in [0.25, 0.3) is 5.91 Å². The van der Waals surface area contributed by atoms with Crippen LogP contribution in [0.4, 0.5) is 5.69 Å². The Morgan fingerprint density at radius 1 is 1.17 bits per heavy atom.